The number of hydrogen-bond donors (Lipinski definition) is 0. The molecule has 0 spiro atoms. The Labute approximate surface area is 134 Å². The van der Waals surface area contributed by atoms with Gasteiger partial charge >= 0.3 is 0 Å². The van der Waals surface area contributed by atoms with Gasteiger partial charge in [-0.2, -0.15) is 0 Å². The first-order valence-corrected chi connectivity index (χ1v) is 7.76. The summed E-state index contributed by atoms with van der Waals surface area (Å²) < 4.78 is 10.1. The van der Waals surface area contributed by atoms with Crippen LogP contribution >= 0.6 is 0 Å². The summed E-state index contributed by atoms with van der Waals surface area (Å²) in [6.07, 6.45) is 4.59. The molecule has 3 heterocycles. The molecule has 0 saturated carbocycles. The van der Waals surface area contributed by atoms with Crippen LogP contribution in [-0.4, -0.2) is 39.6 Å². The monoisotopic (exact) mass is 316 g/mol. The molecule has 0 aromatic carbocycles. The van der Waals surface area contributed by atoms with E-state index < -0.39 is 0 Å². The molecule has 1 amide bonds. The van der Waals surface area contributed by atoms with Gasteiger partial charge in [0, 0.05) is 31.6 Å². The van der Waals surface area contributed by atoms with Crippen molar-refractivity contribution in [3.8, 4) is 5.88 Å². The molecule has 1 aliphatic rings. The van der Waals surface area contributed by atoms with E-state index in [0.29, 0.717) is 24.5 Å². The second-order valence-corrected chi connectivity index (χ2v) is 5.61. The molecule has 0 aliphatic carbocycles. The van der Waals surface area contributed by atoms with Gasteiger partial charge < -0.3 is 14.2 Å². The van der Waals surface area contributed by atoms with Crippen molar-refractivity contribution in [2.24, 2.45) is 0 Å². The van der Waals surface area contributed by atoms with Crippen LogP contribution in [0.15, 0.2) is 22.9 Å². The smallest absolute Gasteiger partial charge is 0.254 e. The number of methoxy groups -OCH3 is 1. The van der Waals surface area contributed by atoms with Crippen molar-refractivity contribution in [3.05, 3.63) is 35.6 Å². The molecule has 3 rings (SSSR count). The van der Waals surface area contributed by atoms with Gasteiger partial charge in [-0.25, -0.2) is 9.97 Å². The molecule has 122 valence electrons. The van der Waals surface area contributed by atoms with Crippen molar-refractivity contribution in [2.45, 2.75) is 38.6 Å². The van der Waals surface area contributed by atoms with Crippen LogP contribution in [0.2, 0.25) is 0 Å². The number of amides is 1. The summed E-state index contributed by atoms with van der Waals surface area (Å²) in [7, 11) is 1.53. The van der Waals surface area contributed by atoms with Gasteiger partial charge in [-0.05, 0) is 31.0 Å². The van der Waals surface area contributed by atoms with Crippen LogP contribution < -0.4 is 4.74 Å². The van der Waals surface area contributed by atoms with E-state index in [1.165, 1.54) is 7.11 Å². The Morgan fingerprint density at radius 1 is 1.52 bits per heavy atom. The number of hydrogen-bond acceptors (Lipinski definition) is 6. The van der Waals surface area contributed by atoms with Crippen LogP contribution in [0.1, 0.15) is 42.6 Å². The zero-order chi connectivity index (χ0) is 16.2. The number of aryl methyl sites for hydroxylation is 2. The van der Waals surface area contributed by atoms with Gasteiger partial charge in [0.1, 0.15) is 11.6 Å². The molecule has 2 aromatic heterocycles. The number of carbonyl (C=O) groups is 1. The highest BCUT2D eigenvalue weighted by atomic mass is 16.5. The van der Waals surface area contributed by atoms with Crippen LogP contribution in [-0.2, 0) is 11.2 Å². The zero-order valence-corrected chi connectivity index (χ0v) is 13.4. The van der Waals surface area contributed by atoms with Gasteiger partial charge in [0.25, 0.3) is 5.88 Å². The fourth-order valence-electron chi connectivity index (χ4n) is 2.91. The fourth-order valence-corrected chi connectivity index (χ4v) is 2.91. The van der Waals surface area contributed by atoms with Crippen molar-refractivity contribution < 1.29 is 14.1 Å². The summed E-state index contributed by atoms with van der Waals surface area (Å²) in [5.74, 6) is 1.93. The quantitative estimate of drug-likeness (QED) is 0.840. The normalized spacial score (nSPS) is 17.5. The standard InChI is InChI=1S/C16H20N4O3/c1-11-17-8-7-13(18-11)14-4-3-9-20(14)16(21)6-5-12-10-15(22-2)19-23-12/h7-8,10,14H,3-6,9H2,1-2H3. The molecular weight excluding hydrogens is 296 g/mol. The van der Waals surface area contributed by atoms with E-state index in [2.05, 4.69) is 15.1 Å². The van der Waals surface area contributed by atoms with Gasteiger partial charge in [-0.1, -0.05) is 0 Å². The maximum atomic E-state index is 12.6. The Hall–Kier alpha value is -2.44. The highest BCUT2D eigenvalue weighted by Gasteiger charge is 2.30. The lowest BCUT2D eigenvalue weighted by atomic mass is 10.1. The van der Waals surface area contributed by atoms with Crippen LogP contribution in [0.4, 0.5) is 0 Å². The molecule has 1 unspecified atom stereocenters. The first-order chi connectivity index (χ1) is 11.2. The summed E-state index contributed by atoms with van der Waals surface area (Å²) >= 11 is 0. The van der Waals surface area contributed by atoms with Crippen LogP contribution in [0.25, 0.3) is 0 Å². The minimum Gasteiger partial charge on any atom is -0.479 e. The number of ether oxygens (including phenoxy) is 1. The van der Waals surface area contributed by atoms with Gasteiger partial charge in [0.2, 0.25) is 5.91 Å². The predicted octanol–water partition coefficient (Wildman–Crippen LogP) is 2.08. The molecule has 1 atom stereocenters. The molecule has 7 heteroatoms. The third-order valence-electron chi connectivity index (χ3n) is 4.04. The Bertz CT molecular complexity index is 685. The average molecular weight is 316 g/mol. The molecule has 1 aliphatic heterocycles. The molecule has 0 radical (unpaired) electrons. The highest BCUT2D eigenvalue weighted by molar-refractivity contribution is 5.77. The fraction of sp³-hybridized carbons (Fsp3) is 0.500. The van der Waals surface area contributed by atoms with Crippen LogP contribution in [0.5, 0.6) is 5.88 Å². The SMILES string of the molecule is COc1cc(CCC(=O)N2CCCC2c2ccnc(C)n2)on1. The Kier molecular flexibility index (Phi) is 4.55. The number of carbonyl (C=O) groups excluding carboxylic acids is 1. The number of aromatic nitrogens is 3. The molecule has 23 heavy (non-hydrogen) atoms. The third kappa shape index (κ3) is 3.49. The number of likely N-dealkylation sites (tertiary alicyclic amines) is 1. The molecular formula is C16H20N4O3. The van der Waals surface area contributed by atoms with E-state index in [-0.39, 0.29) is 11.9 Å². The Morgan fingerprint density at radius 2 is 2.39 bits per heavy atom. The van der Waals surface area contributed by atoms with E-state index in [1.54, 1.807) is 12.3 Å². The van der Waals surface area contributed by atoms with Crippen molar-refractivity contribution in [1.82, 2.24) is 20.0 Å². The maximum Gasteiger partial charge on any atom is 0.254 e. The minimum atomic E-state index is 0.0495. The molecule has 0 N–H and O–H groups in total. The molecule has 7 nitrogen and oxygen atoms in total. The number of nitrogens with zero attached hydrogens (tertiary/aromatic N) is 4. The van der Waals surface area contributed by atoms with Crippen molar-refractivity contribution >= 4 is 5.91 Å². The predicted molar refractivity (Wildman–Crippen MR) is 81.8 cm³/mol. The lowest BCUT2D eigenvalue weighted by Gasteiger charge is -2.24. The Morgan fingerprint density at radius 3 is 3.13 bits per heavy atom. The molecule has 1 saturated heterocycles. The first kappa shape index (κ1) is 15.5. The summed E-state index contributed by atoms with van der Waals surface area (Å²) in [4.78, 5) is 23.1. The van der Waals surface area contributed by atoms with Gasteiger partial charge in [-0.15, -0.1) is 0 Å². The van der Waals surface area contributed by atoms with Crippen molar-refractivity contribution in [2.75, 3.05) is 13.7 Å². The van der Waals surface area contributed by atoms with Crippen LogP contribution in [0.3, 0.4) is 0 Å². The van der Waals surface area contributed by atoms with Crippen molar-refractivity contribution in [3.63, 3.8) is 0 Å². The van der Waals surface area contributed by atoms with Gasteiger partial charge in [0.15, 0.2) is 0 Å². The molecule has 0 bridgehead atoms. The maximum absolute atomic E-state index is 12.6. The summed E-state index contributed by atoms with van der Waals surface area (Å²) in [5, 5.41) is 3.74. The molecule has 1 fully saturated rings. The summed E-state index contributed by atoms with van der Waals surface area (Å²) in [6, 6.07) is 3.65. The lowest BCUT2D eigenvalue weighted by molar-refractivity contribution is -0.132. The Balaban J connectivity index is 1.63. The van der Waals surface area contributed by atoms with E-state index in [0.717, 1.165) is 30.9 Å². The second kappa shape index (κ2) is 6.76. The summed E-state index contributed by atoms with van der Waals surface area (Å²) in [6.45, 7) is 2.63. The topological polar surface area (TPSA) is 81.4 Å². The molecule has 2 aromatic rings. The minimum absolute atomic E-state index is 0.0495. The van der Waals surface area contributed by atoms with E-state index in [9.17, 15) is 4.79 Å². The highest BCUT2D eigenvalue weighted by Crippen LogP contribution is 2.31. The summed E-state index contributed by atoms with van der Waals surface area (Å²) in [5.41, 5.74) is 0.921. The largest absolute Gasteiger partial charge is 0.479 e. The van der Waals surface area contributed by atoms with E-state index in [1.807, 2.05) is 17.9 Å². The van der Waals surface area contributed by atoms with E-state index >= 15 is 0 Å². The van der Waals surface area contributed by atoms with Gasteiger partial charge in [-0.3, -0.25) is 4.79 Å². The second-order valence-electron chi connectivity index (χ2n) is 5.61. The van der Waals surface area contributed by atoms with Crippen LogP contribution in [0, 0.1) is 6.92 Å². The van der Waals surface area contributed by atoms with Gasteiger partial charge in [0.05, 0.1) is 18.8 Å². The van der Waals surface area contributed by atoms with E-state index in [4.69, 9.17) is 9.26 Å². The van der Waals surface area contributed by atoms with Crippen molar-refractivity contribution in [1.29, 1.82) is 0 Å². The lowest BCUT2D eigenvalue weighted by Crippen LogP contribution is -2.31. The third-order valence-corrected chi connectivity index (χ3v) is 4.04. The zero-order valence-electron chi connectivity index (χ0n) is 13.4. The number of rotatable bonds is 5. The first-order valence-electron chi connectivity index (χ1n) is 7.76. The average Bonchev–Trinajstić information content (AvgIpc) is 3.21.